The molecule has 4 aliphatic carbocycles. The van der Waals surface area contributed by atoms with Gasteiger partial charge in [0.1, 0.15) is 0 Å². The van der Waals surface area contributed by atoms with Gasteiger partial charge in [-0.25, -0.2) is 0 Å². The number of esters is 2. The van der Waals surface area contributed by atoms with Crippen molar-refractivity contribution in [3.8, 4) is 0 Å². The van der Waals surface area contributed by atoms with E-state index in [0.29, 0.717) is 23.7 Å². The second-order valence-electron chi connectivity index (χ2n) is 11.5. The Morgan fingerprint density at radius 1 is 1.16 bits per heavy atom. The first-order chi connectivity index (χ1) is 17.2. The lowest BCUT2D eigenvalue weighted by Gasteiger charge is -2.64. The van der Waals surface area contributed by atoms with Crippen LogP contribution < -0.4 is 0 Å². The minimum atomic E-state index is -1.56. The van der Waals surface area contributed by atoms with E-state index >= 15 is 0 Å². The zero-order valence-corrected chi connectivity index (χ0v) is 24.4. The zero-order valence-electron chi connectivity index (χ0n) is 22.1. The maximum absolute atomic E-state index is 13.9. The van der Waals surface area contributed by atoms with Gasteiger partial charge in [-0.2, -0.15) is 0 Å². The minimum absolute atomic E-state index is 0.0851. The lowest BCUT2D eigenvalue weighted by Crippen LogP contribution is -2.69. The number of ketones is 2. The second kappa shape index (κ2) is 9.60. The van der Waals surface area contributed by atoms with Crippen molar-refractivity contribution in [3.63, 3.8) is 0 Å². The second-order valence-corrected chi connectivity index (χ2v) is 13.0. The number of allylic oxidation sites excluding steroid dienone is 4. The summed E-state index contributed by atoms with van der Waals surface area (Å²) >= 11 is 10.9. The summed E-state index contributed by atoms with van der Waals surface area (Å²) < 4.78 is 11.7. The molecule has 0 aromatic heterocycles. The Bertz CT molecular complexity index is 1100. The van der Waals surface area contributed by atoms with E-state index in [1.165, 1.54) is 0 Å². The van der Waals surface area contributed by atoms with Crippen LogP contribution >= 0.6 is 27.5 Å². The van der Waals surface area contributed by atoms with Gasteiger partial charge in [-0.1, -0.05) is 46.3 Å². The summed E-state index contributed by atoms with van der Waals surface area (Å²) in [6.07, 6.45) is 4.55. The zero-order chi connectivity index (χ0) is 27.6. The molecule has 1 N–H and O–H groups in total. The standard InChI is InChI=1S/C28H36BrClO7/c1-6-23(34)36-14-22(33)28(37-24(35)7-2)15(3)10-18-17-9-8-16-11-20(31)19(29)12-25(16,4)27(17,30)21(32)13-26(18,28)5/h11-12,15,17-18,21,32H,6-10,13-14H2,1-5H3. The highest BCUT2D eigenvalue weighted by Gasteiger charge is 2.76. The number of carbonyl (C=O) groups excluding carboxylic acids is 4. The summed E-state index contributed by atoms with van der Waals surface area (Å²) in [5.74, 6) is -2.35. The van der Waals surface area contributed by atoms with Crippen LogP contribution in [0, 0.1) is 28.6 Å². The first-order valence-corrected chi connectivity index (χ1v) is 14.3. The molecular weight excluding hydrogens is 564 g/mol. The molecule has 9 heteroatoms. The molecule has 8 unspecified atom stereocenters. The van der Waals surface area contributed by atoms with E-state index in [0.717, 1.165) is 5.57 Å². The SMILES string of the molecule is CCC(=O)OCC(=O)C1(OC(=O)CC)C(C)CC2C3CCC4=CC(=O)C(Br)=CC4(C)C3(Cl)C(O)CC21C. The van der Waals surface area contributed by atoms with Gasteiger partial charge in [-0.15, -0.1) is 11.6 Å². The molecular formula is C28H36BrClO7. The maximum atomic E-state index is 13.9. The number of hydrogen-bond donors (Lipinski definition) is 1. The number of hydrogen-bond acceptors (Lipinski definition) is 7. The van der Waals surface area contributed by atoms with Crippen LogP contribution in [0.1, 0.15) is 73.1 Å². The molecule has 0 aromatic rings. The van der Waals surface area contributed by atoms with Gasteiger partial charge in [-0.3, -0.25) is 19.2 Å². The van der Waals surface area contributed by atoms with Gasteiger partial charge in [0.2, 0.25) is 5.78 Å². The molecule has 0 aliphatic heterocycles. The molecule has 3 fully saturated rings. The van der Waals surface area contributed by atoms with Crippen molar-refractivity contribution in [2.24, 2.45) is 28.6 Å². The fraction of sp³-hybridized carbons (Fsp3) is 0.714. The Morgan fingerprint density at radius 3 is 2.43 bits per heavy atom. The van der Waals surface area contributed by atoms with E-state index < -0.39 is 51.7 Å². The van der Waals surface area contributed by atoms with Crippen molar-refractivity contribution in [2.75, 3.05) is 6.61 Å². The number of aliphatic hydroxyl groups excluding tert-OH is 1. The van der Waals surface area contributed by atoms with E-state index in [4.69, 9.17) is 21.1 Å². The van der Waals surface area contributed by atoms with E-state index in [1.54, 1.807) is 19.9 Å². The van der Waals surface area contributed by atoms with Crippen LogP contribution in [0.4, 0.5) is 0 Å². The predicted molar refractivity (Wildman–Crippen MR) is 141 cm³/mol. The van der Waals surface area contributed by atoms with Crippen molar-refractivity contribution >= 4 is 51.0 Å². The summed E-state index contributed by atoms with van der Waals surface area (Å²) in [4.78, 5) is 49.8. The van der Waals surface area contributed by atoms with Crippen molar-refractivity contribution < 1.29 is 33.8 Å². The van der Waals surface area contributed by atoms with E-state index in [9.17, 15) is 24.3 Å². The van der Waals surface area contributed by atoms with Gasteiger partial charge in [0.15, 0.2) is 18.0 Å². The highest BCUT2D eigenvalue weighted by Crippen LogP contribution is 2.72. The Labute approximate surface area is 231 Å². The highest BCUT2D eigenvalue weighted by molar-refractivity contribution is 9.12. The summed E-state index contributed by atoms with van der Waals surface area (Å²) in [5, 5.41) is 11.9. The van der Waals surface area contributed by atoms with Gasteiger partial charge in [0, 0.05) is 29.6 Å². The molecule has 0 bridgehead atoms. The van der Waals surface area contributed by atoms with Crippen LogP contribution in [-0.2, 0) is 28.7 Å². The van der Waals surface area contributed by atoms with Crippen molar-refractivity contribution in [2.45, 2.75) is 89.7 Å². The highest BCUT2D eigenvalue weighted by atomic mass is 79.9. The molecule has 0 aromatic carbocycles. The van der Waals surface area contributed by atoms with Gasteiger partial charge < -0.3 is 14.6 Å². The molecule has 0 heterocycles. The average Bonchev–Trinajstić information content (AvgIpc) is 3.06. The molecule has 0 amide bonds. The topological polar surface area (TPSA) is 107 Å². The fourth-order valence-corrected chi connectivity index (χ4v) is 9.14. The number of halogens is 2. The minimum Gasteiger partial charge on any atom is -0.457 e. The Hall–Kier alpha value is -1.51. The van der Waals surface area contributed by atoms with E-state index in [-0.39, 0.29) is 42.8 Å². The van der Waals surface area contributed by atoms with E-state index in [1.807, 2.05) is 26.8 Å². The Balaban J connectivity index is 1.82. The molecule has 0 saturated heterocycles. The van der Waals surface area contributed by atoms with Crippen LogP contribution in [0.5, 0.6) is 0 Å². The third-order valence-electron chi connectivity index (χ3n) is 9.87. The molecule has 4 rings (SSSR count). The monoisotopic (exact) mass is 598 g/mol. The molecule has 4 aliphatic rings. The van der Waals surface area contributed by atoms with Crippen molar-refractivity contribution in [1.29, 1.82) is 0 Å². The fourth-order valence-electron chi connectivity index (χ4n) is 8.06. The summed E-state index contributed by atoms with van der Waals surface area (Å²) in [5.41, 5.74) is -2.38. The van der Waals surface area contributed by atoms with Crippen LogP contribution in [0.3, 0.4) is 0 Å². The lowest BCUT2D eigenvalue weighted by molar-refractivity contribution is -0.203. The molecule has 7 nitrogen and oxygen atoms in total. The number of fused-ring (bicyclic) bond motifs is 5. The van der Waals surface area contributed by atoms with Crippen LogP contribution in [0.15, 0.2) is 22.2 Å². The Kier molecular flexibility index (Phi) is 7.39. The van der Waals surface area contributed by atoms with E-state index in [2.05, 4.69) is 15.9 Å². The smallest absolute Gasteiger partial charge is 0.306 e. The Morgan fingerprint density at radius 2 is 1.81 bits per heavy atom. The summed E-state index contributed by atoms with van der Waals surface area (Å²) in [6, 6.07) is 0. The van der Waals surface area contributed by atoms with Gasteiger partial charge >= 0.3 is 11.9 Å². The number of carbonyl (C=O) groups is 4. The first kappa shape index (κ1) is 28.5. The normalized spacial score (nSPS) is 42.5. The predicted octanol–water partition coefficient (Wildman–Crippen LogP) is 4.81. The number of alkyl halides is 1. The van der Waals surface area contributed by atoms with Crippen LogP contribution in [0.25, 0.3) is 0 Å². The molecule has 204 valence electrons. The van der Waals surface area contributed by atoms with Gasteiger partial charge in [-0.05, 0) is 59.5 Å². The molecule has 37 heavy (non-hydrogen) atoms. The van der Waals surface area contributed by atoms with Crippen molar-refractivity contribution in [3.05, 3.63) is 22.2 Å². The maximum Gasteiger partial charge on any atom is 0.306 e. The van der Waals surface area contributed by atoms with Gasteiger partial charge in [0.05, 0.1) is 15.5 Å². The molecule has 8 atom stereocenters. The number of ether oxygens (including phenoxy) is 2. The van der Waals surface area contributed by atoms with Crippen LogP contribution in [0.2, 0.25) is 0 Å². The third-order valence-corrected chi connectivity index (χ3v) is 11.4. The lowest BCUT2D eigenvalue weighted by atomic mass is 9.45. The molecule has 0 spiro atoms. The van der Waals surface area contributed by atoms with Crippen LogP contribution in [-0.4, -0.2) is 51.8 Å². The summed E-state index contributed by atoms with van der Waals surface area (Å²) in [6.45, 7) is 8.58. The number of Topliss-reactive ketones (excluding diaryl/α,β-unsaturated/α-hetero) is 1. The summed E-state index contributed by atoms with van der Waals surface area (Å²) in [7, 11) is 0. The first-order valence-electron chi connectivity index (χ1n) is 13.1. The molecule has 0 radical (unpaired) electrons. The number of aliphatic hydroxyl groups is 1. The van der Waals surface area contributed by atoms with Gasteiger partial charge in [0.25, 0.3) is 0 Å². The largest absolute Gasteiger partial charge is 0.457 e. The van der Waals surface area contributed by atoms with Crippen molar-refractivity contribution in [1.82, 2.24) is 0 Å². The molecule has 3 saturated carbocycles. The third kappa shape index (κ3) is 3.83. The quantitative estimate of drug-likeness (QED) is 0.345. The number of rotatable bonds is 6. The average molecular weight is 600 g/mol.